The van der Waals surface area contributed by atoms with E-state index in [9.17, 15) is 43.9 Å². The topological polar surface area (TPSA) is 0 Å². The molecule has 0 heterocycles. The first-order chi connectivity index (χ1) is 14.6. The summed E-state index contributed by atoms with van der Waals surface area (Å²) in [4.78, 5) is 0. The van der Waals surface area contributed by atoms with Crippen molar-refractivity contribution in [2.45, 2.75) is 0 Å². The van der Waals surface area contributed by atoms with E-state index < -0.39 is 76.7 Å². The first-order valence-electron chi connectivity index (χ1n) is 7.97. The van der Waals surface area contributed by atoms with E-state index in [1.165, 1.54) is 30.3 Å². The van der Waals surface area contributed by atoms with Crippen LogP contribution in [0, 0.1) is 69.8 Å². The summed E-state index contributed by atoms with van der Waals surface area (Å²) in [5, 5.41) is -3.61. The van der Waals surface area contributed by atoms with Gasteiger partial charge in [-0.2, -0.15) is 0 Å². The second-order valence-corrected chi connectivity index (χ2v) is 7.56. The van der Waals surface area contributed by atoms with Gasteiger partial charge in [0.1, 0.15) is 0 Å². The Hall–Kier alpha value is -3.05. The van der Waals surface area contributed by atoms with E-state index in [1.54, 1.807) is 0 Å². The van der Waals surface area contributed by atoms with Crippen LogP contribution in [0.25, 0.3) is 0 Å². The third-order valence-electron chi connectivity index (χ3n) is 3.91. The number of benzene rings is 3. The molecule has 3 aromatic rings. The van der Waals surface area contributed by atoms with Crippen molar-refractivity contribution in [3.8, 4) is 11.6 Å². The minimum absolute atomic E-state index is 0.0720. The lowest BCUT2D eigenvalue weighted by Crippen LogP contribution is -2.28. The fourth-order valence-corrected chi connectivity index (χ4v) is 4.31. The van der Waals surface area contributed by atoms with Gasteiger partial charge in [-0.25, -0.2) is 43.9 Å². The van der Waals surface area contributed by atoms with Crippen molar-refractivity contribution >= 4 is 18.5 Å². The molecule has 0 saturated carbocycles. The molecule has 0 unspecified atom stereocenters. The minimum Gasteiger partial charge on any atom is -0.203 e. The van der Waals surface area contributed by atoms with E-state index >= 15 is 0 Å². The lowest BCUT2D eigenvalue weighted by atomic mass is 10.2. The molecule has 0 fully saturated rings. The summed E-state index contributed by atoms with van der Waals surface area (Å²) in [6.07, 6.45) is 0. The van der Waals surface area contributed by atoms with Crippen molar-refractivity contribution in [3.05, 3.63) is 94.1 Å². The highest BCUT2D eigenvalue weighted by molar-refractivity contribution is 7.77. The monoisotopic (exact) mass is 466 g/mol. The largest absolute Gasteiger partial charge is 0.203 e. The van der Waals surface area contributed by atoms with Gasteiger partial charge in [-0.15, -0.1) is 0 Å². The summed E-state index contributed by atoms with van der Waals surface area (Å²) in [5.74, 6) is -22.8. The van der Waals surface area contributed by atoms with Crippen LogP contribution in [-0.2, 0) is 0 Å². The van der Waals surface area contributed by atoms with Gasteiger partial charge >= 0.3 is 0 Å². The molecule has 3 aromatic carbocycles. The molecule has 0 amide bonds. The van der Waals surface area contributed by atoms with Crippen molar-refractivity contribution in [2.24, 2.45) is 0 Å². The van der Waals surface area contributed by atoms with Crippen molar-refractivity contribution in [3.63, 3.8) is 0 Å². The van der Waals surface area contributed by atoms with Crippen molar-refractivity contribution in [1.29, 1.82) is 0 Å². The van der Waals surface area contributed by atoms with Crippen LogP contribution in [0.2, 0.25) is 0 Å². The standard InChI is InChI=1S/C20H5F10P/c21-9-11(23)15(27)19(16(28)12(9)24)31(7-6-8-4-2-1-3-5-8)20-17(29)13(25)10(22)14(26)18(20)30/h1-5H. The summed E-state index contributed by atoms with van der Waals surface area (Å²) >= 11 is 0. The van der Waals surface area contributed by atoms with E-state index in [2.05, 4.69) is 5.92 Å². The Morgan fingerprint density at radius 3 is 1.13 bits per heavy atom. The second kappa shape index (κ2) is 8.60. The average Bonchev–Trinajstić information content (AvgIpc) is 2.77. The van der Waals surface area contributed by atoms with Crippen molar-refractivity contribution < 1.29 is 43.9 Å². The Bertz CT molecular complexity index is 1120. The third kappa shape index (κ3) is 3.86. The highest BCUT2D eigenvalue weighted by Gasteiger charge is 2.36. The van der Waals surface area contributed by atoms with Gasteiger partial charge < -0.3 is 0 Å². The molecule has 0 N–H and O–H groups in total. The van der Waals surface area contributed by atoms with Crippen LogP contribution in [0.3, 0.4) is 0 Å². The van der Waals surface area contributed by atoms with Crippen LogP contribution in [-0.4, -0.2) is 0 Å². The lowest BCUT2D eigenvalue weighted by molar-refractivity contribution is 0.383. The van der Waals surface area contributed by atoms with Gasteiger partial charge in [0.2, 0.25) is 11.6 Å². The highest BCUT2D eigenvalue weighted by Crippen LogP contribution is 2.39. The number of hydrogen-bond donors (Lipinski definition) is 0. The number of hydrogen-bond acceptors (Lipinski definition) is 0. The van der Waals surface area contributed by atoms with Crippen LogP contribution in [0.5, 0.6) is 0 Å². The van der Waals surface area contributed by atoms with Gasteiger partial charge in [0, 0.05) is 13.5 Å². The Morgan fingerprint density at radius 1 is 0.452 bits per heavy atom. The van der Waals surface area contributed by atoms with Gasteiger partial charge in [-0.1, -0.05) is 29.8 Å². The van der Waals surface area contributed by atoms with Gasteiger partial charge in [0.25, 0.3) is 0 Å². The van der Waals surface area contributed by atoms with E-state index in [1.807, 2.05) is 5.66 Å². The first kappa shape index (κ1) is 22.6. The normalized spacial score (nSPS) is 10.9. The maximum atomic E-state index is 14.3. The molecule has 0 saturated heterocycles. The molecular formula is C20H5F10P. The van der Waals surface area contributed by atoms with Gasteiger partial charge in [0.15, 0.2) is 46.5 Å². The SMILES string of the molecule is Fc1c(F)c(F)c(P(C#Cc2ccccc2)c2c(F)c(F)c(F)c(F)c2F)c(F)c1F. The summed E-state index contributed by atoms with van der Waals surface area (Å²) in [5.41, 5.74) is 1.99. The highest BCUT2D eigenvalue weighted by atomic mass is 31.1. The fourth-order valence-electron chi connectivity index (χ4n) is 2.44. The quantitative estimate of drug-likeness (QED) is 0.154. The summed E-state index contributed by atoms with van der Waals surface area (Å²) in [7, 11) is -3.60. The van der Waals surface area contributed by atoms with Crippen LogP contribution in [0.1, 0.15) is 5.56 Å². The zero-order valence-electron chi connectivity index (χ0n) is 14.6. The van der Waals surface area contributed by atoms with E-state index in [0.29, 0.717) is 0 Å². The smallest absolute Gasteiger partial charge is 0.200 e. The van der Waals surface area contributed by atoms with Crippen LogP contribution in [0.4, 0.5) is 43.9 Å². The molecule has 0 nitrogen and oxygen atoms in total. The van der Waals surface area contributed by atoms with Crippen LogP contribution in [0.15, 0.2) is 30.3 Å². The van der Waals surface area contributed by atoms with E-state index in [4.69, 9.17) is 0 Å². The molecule has 0 aromatic heterocycles. The van der Waals surface area contributed by atoms with Gasteiger partial charge in [-0.05, 0) is 12.1 Å². The molecule has 0 radical (unpaired) electrons. The Balaban J connectivity index is 2.42. The minimum atomic E-state index is -3.60. The van der Waals surface area contributed by atoms with E-state index in [-0.39, 0.29) is 5.56 Å². The Kier molecular flexibility index (Phi) is 6.27. The van der Waals surface area contributed by atoms with Gasteiger partial charge in [0.05, 0.1) is 10.6 Å². The molecule has 0 spiro atoms. The molecule has 0 bridgehead atoms. The predicted molar refractivity (Wildman–Crippen MR) is 92.0 cm³/mol. The molecule has 0 aliphatic heterocycles. The average molecular weight is 466 g/mol. The molecule has 3 rings (SSSR count). The first-order valence-corrected chi connectivity index (χ1v) is 9.31. The second-order valence-electron chi connectivity index (χ2n) is 5.78. The zero-order chi connectivity index (χ0) is 23.0. The molecule has 31 heavy (non-hydrogen) atoms. The molecule has 0 atom stereocenters. The molecule has 0 aliphatic rings. The lowest BCUT2D eigenvalue weighted by Gasteiger charge is -2.17. The molecule has 11 heteroatoms. The maximum Gasteiger partial charge on any atom is 0.200 e. The molecule has 160 valence electrons. The van der Waals surface area contributed by atoms with Crippen LogP contribution < -0.4 is 10.6 Å². The summed E-state index contributed by atoms with van der Waals surface area (Å²) < 4.78 is 139. The van der Waals surface area contributed by atoms with Crippen molar-refractivity contribution in [1.82, 2.24) is 0 Å². The fraction of sp³-hybridized carbons (Fsp3) is 0. The Morgan fingerprint density at radius 2 is 0.774 bits per heavy atom. The van der Waals surface area contributed by atoms with Crippen molar-refractivity contribution in [2.75, 3.05) is 0 Å². The van der Waals surface area contributed by atoms with Gasteiger partial charge in [-0.3, -0.25) is 0 Å². The summed E-state index contributed by atoms with van der Waals surface area (Å²) in [6.45, 7) is 0. The number of rotatable bonds is 2. The third-order valence-corrected chi connectivity index (χ3v) is 5.92. The Labute approximate surface area is 168 Å². The molecule has 0 aliphatic carbocycles. The zero-order valence-corrected chi connectivity index (χ0v) is 15.5. The maximum absolute atomic E-state index is 14.3. The van der Waals surface area contributed by atoms with Crippen LogP contribution >= 0.6 is 7.92 Å². The molecular weight excluding hydrogens is 461 g/mol. The number of halogens is 10. The predicted octanol–water partition coefficient (Wildman–Crippen LogP) is 5.52. The van der Waals surface area contributed by atoms with E-state index in [0.717, 1.165) is 0 Å². The summed E-state index contributed by atoms with van der Waals surface area (Å²) in [6, 6.07) is 7.03.